The molecule has 0 bridgehead atoms. The molecule has 0 amide bonds. The Morgan fingerprint density at radius 3 is 2.93 bits per heavy atom. The van der Waals surface area contributed by atoms with Crippen molar-refractivity contribution in [3.05, 3.63) is 0 Å². The molecule has 82 valence electrons. The fourth-order valence-electron chi connectivity index (χ4n) is 2.71. The van der Waals surface area contributed by atoms with Crippen molar-refractivity contribution in [3.8, 4) is 0 Å². The second-order valence-electron chi connectivity index (χ2n) is 4.72. The molecule has 1 aliphatic heterocycles. The molecule has 0 spiro atoms. The molecular formula is C11H21NOS. The van der Waals surface area contributed by atoms with Crippen LogP contribution in [0.4, 0.5) is 0 Å². The number of rotatable bonds is 3. The Morgan fingerprint density at radius 1 is 1.43 bits per heavy atom. The number of aliphatic hydroxyl groups is 1. The molecule has 2 unspecified atom stereocenters. The highest BCUT2D eigenvalue weighted by Gasteiger charge is 2.30. The van der Waals surface area contributed by atoms with Crippen molar-refractivity contribution in [1.82, 2.24) is 5.32 Å². The molecule has 1 saturated heterocycles. The number of aliphatic hydroxyl groups excluding tert-OH is 1. The lowest BCUT2D eigenvalue weighted by molar-refractivity contribution is 0.200. The van der Waals surface area contributed by atoms with Gasteiger partial charge in [-0.2, -0.15) is 11.8 Å². The van der Waals surface area contributed by atoms with Gasteiger partial charge in [0.2, 0.25) is 0 Å². The van der Waals surface area contributed by atoms with Crippen molar-refractivity contribution in [2.24, 2.45) is 5.92 Å². The molecule has 14 heavy (non-hydrogen) atoms. The zero-order chi connectivity index (χ0) is 9.97. The number of nitrogens with one attached hydrogen (secondary N) is 1. The van der Waals surface area contributed by atoms with Crippen molar-refractivity contribution in [1.29, 1.82) is 0 Å². The van der Waals surface area contributed by atoms with Crippen LogP contribution in [-0.4, -0.2) is 34.8 Å². The van der Waals surface area contributed by atoms with Gasteiger partial charge >= 0.3 is 0 Å². The van der Waals surface area contributed by atoms with E-state index in [1.807, 2.05) is 0 Å². The topological polar surface area (TPSA) is 32.3 Å². The summed E-state index contributed by atoms with van der Waals surface area (Å²) in [5.41, 5.74) is 0. The maximum Gasteiger partial charge on any atom is 0.0474 e. The van der Waals surface area contributed by atoms with Gasteiger partial charge in [0.15, 0.2) is 0 Å². The van der Waals surface area contributed by atoms with Gasteiger partial charge in [-0.15, -0.1) is 0 Å². The van der Waals surface area contributed by atoms with E-state index >= 15 is 0 Å². The lowest BCUT2D eigenvalue weighted by atomic mass is 10.0. The lowest BCUT2D eigenvalue weighted by Gasteiger charge is -2.23. The number of hydrogen-bond acceptors (Lipinski definition) is 3. The molecule has 2 aliphatic rings. The van der Waals surface area contributed by atoms with Crippen molar-refractivity contribution in [2.75, 3.05) is 12.4 Å². The van der Waals surface area contributed by atoms with E-state index in [4.69, 9.17) is 0 Å². The summed E-state index contributed by atoms with van der Waals surface area (Å²) in [6.07, 6.45) is 5.07. The first-order chi connectivity index (χ1) is 6.79. The van der Waals surface area contributed by atoms with E-state index in [9.17, 15) is 5.11 Å². The molecule has 0 radical (unpaired) electrons. The zero-order valence-corrected chi connectivity index (χ0v) is 9.72. The largest absolute Gasteiger partial charge is 0.396 e. The standard InChI is InChI=1S/C11H21NOS/c1-8-5-10(7-14-8)12-11-4-2-3-9(11)6-13/h8-13H,2-7H2,1H3/t8?,9-,10?,11-/m1/s1. The van der Waals surface area contributed by atoms with Crippen LogP contribution >= 0.6 is 11.8 Å². The molecule has 0 aromatic rings. The first kappa shape index (κ1) is 10.8. The molecular weight excluding hydrogens is 194 g/mol. The van der Waals surface area contributed by atoms with Gasteiger partial charge in [-0.05, 0) is 25.2 Å². The van der Waals surface area contributed by atoms with E-state index < -0.39 is 0 Å². The average molecular weight is 215 g/mol. The summed E-state index contributed by atoms with van der Waals surface area (Å²) in [5, 5.41) is 13.8. The van der Waals surface area contributed by atoms with Gasteiger partial charge in [-0.3, -0.25) is 0 Å². The van der Waals surface area contributed by atoms with Crippen LogP contribution < -0.4 is 5.32 Å². The summed E-state index contributed by atoms with van der Waals surface area (Å²) in [5.74, 6) is 1.78. The third-order valence-electron chi connectivity index (χ3n) is 3.54. The van der Waals surface area contributed by atoms with Crippen LogP contribution in [0.3, 0.4) is 0 Å². The maximum absolute atomic E-state index is 9.22. The Hall–Kier alpha value is 0.270. The Labute approximate surface area is 90.8 Å². The van der Waals surface area contributed by atoms with Gasteiger partial charge in [0.05, 0.1) is 0 Å². The highest BCUT2D eigenvalue weighted by Crippen LogP contribution is 2.30. The summed E-state index contributed by atoms with van der Waals surface area (Å²) in [6, 6.07) is 1.29. The van der Waals surface area contributed by atoms with Crippen LogP contribution in [0.25, 0.3) is 0 Å². The third kappa shape index (κ3) is 2.44. The molecule has 2 fully saturated rings. The van der Waals surface area contributed by atoms with E-state index in [1.165, 1.54) is 31.4 Å². The van der Waals surface area contributed by atoms with Crippen LogP contribution in [0.1, 0.15) is 32.6 Å². The summed E-state index contributed by atoms with van der Waals surface area (Å²) in [7, 11) is 0. The molecule has 4 atom stereocenters. The fraction of sp³-hybridized carbons (Fsp3) is 1.00. The van der Waals surface area contributed by atoms with Crippen LogP contribution in [-0.2, 0) is 0 Å². The van der Waals surface area contributed by atoms with Gasteiger partial charge in [0.1, 0.15) is 0 Å². The van der Waals surface area contributed by atoms with E-state index in [2.05, 4.69) is 24.0 Å². The minimum Gasteiger partial charge on any atom is -0.396 e. The van der Waals surface area contributed by atoms with Crippen LogP contribution in [0.15, 0.2) is 0 Å². The Balaban J connectivity index is 1.79. The predicted molar refractivity (Wildman–Crippen MR) is 61.7 cm³/mol. The highest BCUT2D eigenvalue weighted by atomic mass is 32.2. The molecule has 1 heterocycles. The normalized spacial score (nSPS) is 43.3. The fourth-order valence-corrected chi connectivity index (χ4v) is 3.87. The van der Waals surface area contributed by atoms with Gasteiger partial charge in [0.25, 0.3) is 0 Å². The Kier molecular flexibility index (Phi) is 3.74. The van der Waals surface area contributed by atoms with Gasteiger partial charge in [0, 0.05) is 29.7 Å². The SMILES string of the molecule is CC1CC(N[C@@H]2CCC[C@@H]2CO)CS1. The summed E-state index contributed by atoms with van der Waals surface area (Å²) in [4.78, 5) is 0. The Morgan fingerprint density at radius 2 is 2.29 bits per heavy atom. The summed E-state index contributed by atoms with van der Waals surface area (Å²) >= 11 is 2.07. The minimum absolute atomic E-state index is 0.368. The first-order valence-electron chi connectivity index (χ1n) is 5.78. The molecule has 2 rings (SSSR count). The van der Waals surface area contributed by atoms with Crippen LogP contribution in [0.5, 0.6) is 0 Å². The molecule has 1 saturated carbocycles. The number of hydrogen-bond donors (Lipinski definition) is 2. The predicted octanol–water partition coefficient (Wildman–Crippen LogP) is 1.63. The summed E-state index contributed by atoms with van der Waals surface area (Å²) < 4.78 is 0. The molecule has 2 nitrogen and oxygen atoms in total. The highest BCUT2D eigenvalue weighted by molar-refractivity contribution is 8.00. The van der Waals surface area contributed by atoms with Crippen molar-refractivity contribution in [3.63, 3.8) is 0 Å². The average Bonchev–Trinajstić information content (AvgIpc) is 2.76. The summed E-state index contributed by atoms with van der Waals surface area (Å²) in [6.45, 7) is 2.68. The van der Waals surface area contributed by atoms with E-state index in [0.717, 1.165) is 5.25 Å². The van der Waals surface area contributed by atoms with E-state index in [-0.39, 0.29) is 0 Å². The second kappa shape index (κ2) is 4.86. The molecule has 1 aliphatic carbocycles. The van der Waals surface area contributed by atoms with Crippen molar-refractivity contribution >= 4 is 11.8 Å². The minimum atomic E-state index is 0.368. The molecule has 0 aromatic heterocycles. The van der Waals surface area contributed by atoms with E-state index in [0.29, 0.717) is 24.6 Å². The smallest absolute Gasteiger partial charge is 0.0474 e. The lowest BCUT2D eigenvalue weighted by Crippen LogP contribution is -2.41. The van der Waals surface area contributed by atoms with Crippen molar-refractivity contribution in [2.45, 2.75) is 49.9 Å². The zero-order valence-electron chi connectivity index (χ0n) is 8.91. The van der Waals surface area contributed by atoms with Crippen LogP contribution in [0, 0.1) is 5.92 Å². The van der Waals surface area contributed by atoms with E-state index in [1.54, 1.807) is 0 Å². The van der Waals surface area contributed by atoms with Gasteiger partial charge in [-0.25, -0.2) is 0 Å². The van der Waals surface area contributed by atoms with Gasteiger partial charge in [-0.1, -0.05) is 13.3 Å². The van der Waals surface area contributed by atoms with Crippen LogP contribution in [0.2, 0.25) is 0 Å². The molecule has 3 heteroatoms. The molecule has 0 aromatic carbocycles. The second-order valence-corrected chi connectivity index (χ2v) is 6.19. The Bertz CT molecular complexity index is 188. The monoisotopic (exact) mass is 215 g/mol. The van der Waals surface area contributed by atoms with Gasteiger partial charge < -0.3 is 10.4 Å². The quantitative estimate of drug-likeness (QED) is 0.750. The van der Waals surface area contributed by atoms with Crippen molar-refractivity contribution < 1.29 is 5.11 Å². The first-order valence-corrected chi connectivity index (χ1v) is 6.83. The third-order valence-corrected chi connectivity index (χ3v) is 4.90. The maximum atomic E-state index is 9.22. The molecule has 2 N–H and O–H groups in total. The number of thioether (sulfide) groups is 1.